The van der Waals surface area contributed by atoms with Crippen LogP contribution in [-0.4, -0.2) is 17.5 Å². The molecule has 1 N–H and O–H groups in total. The van der Waals surface area contributed by atoms with E-state index in [9.17, 15) is 4.79 Å². The second-order valence-electron chi connectivity index (χ2n) is 5.99. The molecule has 1 amide bonds. The van der Waals surface area contributed by atoms with Crippen LogP contribution in [0.1, 0.15) is 53.1 Å². The molecule has 0 spiro atoms. The van der Waals surface area contributed by atoms with Crippen LogP contribution in [0.25, 0.3) is 0 Å². The van der Waals surface area contributed by atoms with Crippen molar-refractivity contribution in [3.8, 4) is 5.75 Å². The van der Waals surface area contributed by atoms with Gasteiger partial charge in [-0.3, -0.25) is 9.78 Å². The van der Waals surface area contributed by atoms with Gasteiger partial charge in [-0.2, -0.15) is 0 Å². The van der Waals surface area contributed by atoms with Crippen LogP contribution >= 0.6 is 0 Å². The van der Waals surface area contributed by atoms with Gasteiger partial charge in [0.25, 0.3) is 5.91 Å². The van der Waals surface area contributed by atoms with Gasteiger partial charge in [-0.1, -0.05) is 26.0 Å². The summed E-state index contributed by atoms with van der Waals surface area (Å²) >= 11 is 0. The Hall–Kier alpha value is -2.36. The van der Waals surface area contributed by atoms with Crippen molar-refractivity contribution in [2.45, 2.75) is 47.5 Å². The van der Waals surface area contributed by atoms with Crippen molar-refractivity contribution in [1.82, 2.24) is 4.98 Å². The molecule has 4 nitrogen and oxygen atoms in total. The maximum Gasteiger partial charge on any atom is 0.261 e. The number of carbonyl (C=O) groups excluding carboxylic acids is 1. The number of hydrogen-bond acceptors (Lipinski definition) is 3. The zero-order valence-electron chi connectivity index (χ0n) is 15.2. The fourth-order valence-electron chi connectivity index (χ4n) is 2.60. The van der Waals surface area contributed by atoms with Gasteiger partial charge >= 0.3 is 0 Å². The number of pyridine rings is 1. The summed E-state index contributed by atoms with van der Waals surface area (Å²) in [6.07, 6.45) is 1.57. The number of aromatic nitrogens is 1. The first-order valence-electron chi connectivity index (χ1n) is 8.48. The Morgan fingerprint density at radius 1 is 1.21 bits per heavy atom. The van der Waals surface area contributed by atoms with Crippen molar-refractivity contribution in [2.75, 3.05) is 11.9 Å². The van der Waals surface area contributed by atoms with E-state index < -0.39 is 0 Å². The molecular formula is C20H26N2O2. The highest BCUT2D eigenvalue weighted by atomic mass is 16.5. The summed E-state index contributed by atoms with van der Waals surface area (Å²) in [7, 11) is 0. The van der Waals surface area contributed by atoms with Crippen molar-refractivity contribution >= 4 is 11.6 Å². The number of nitrogens with zero attached hydrogens (tertiary/aromatic N) is 1. The highest BCUT2D eigenvalue weighted by molar-refractivity contribution is 6.07. The Morgan fingerprint density at radius 3 is 2.62 bits per heavy atom. The minimum absolute atomic E-state index is 0.167. The molecule has 0 radical (unpaired) electrons. The Bertz CT molecular complexity index is 739. The SMILES string of the molecule is CCCOc1cc(C)nc(CC)c1C(=O)Nc1cccc(C)c1C. The predicted molar refractivity (Wildman–Crippen MR) is 98.0 cm³/mol. The number of carbonyl (C=O) groups is 1. The zero-order chi connectivity index (χ0) is 17.7. The molecule has 1 aromatic carbocycles. The number of benzene rings is 1. The van der Waals surface area contributed by atoms with Crippen LogP contribution in [0.3, 0.4) is 0 Å². The van der Waals surface area contributed by atoms with E-state index in [1.165, 1.54) is 0 Å². The molecule has 1 aromatic heterocycles. The van der Waals surface area contributed by atoms with Gasteiger partial charge in [0.15, 0.2) is 0 Å². The molecule has 0 bridgehead atoms. The zero-order valence-corrected chi connectivity index (χ0v) is 15.2. The van der Waals surface area contributed by atoms with Gasteiger partial charge in [-0.05, 0) is 50.8 Å². The molecule has 4 heteroatoms. The van der Waals surface area contributed by atoms with Gasteiger partial charge in [0.05, 0.1) is 12.3 Å². The van der Waals surface area contributed by atoms with Gasteiger partial charge in [0, 0.05) is 17.4 Å². The largest absolute Gasteiger partial charge is 0.493 e. The minimum atomic E-state index is -0.167. The van der Waals surface area contributed by atoms with Gasteiger partial charge in [-0.25, -0.2) is 0 Å². The van der Waals surface area contributed by atoms with Crippen LogP contribution < -0.4 is 10.1 Å². The molecule has 128 valence electrons. The van der Waals surface area contributed by atoms with Crippen molar-refractivity contribution in [3.05, 3.63) is 52.3 Å². The number of nitrogens with one attached hydrogen (secondary N) is 1. The first kappa shape index (κ1) is 18.0. The number of rotatable bonds is 6. The lowest BCUT2D eigenvalue weighted by Crippen LogP contribution is -2.18. The van der Waals surface area contributed by atoms with E-state index >= 15 is 0 Å². The standard InChI is InChI=1S/C20H26N2O2/c1-6-11-24-18-12-14(4)21-16(7-2)19(18)20(23)22-17-10-8-9-13(3)15(17)5/h8-10,12H,6-7,11H2,1-5H3,(H,22,23). The first-order valence-corrected chi connectivity index (χ1v) is 8.48. The van der Waals surface area contributed by atoms with Crippen molar-refractivity contribution in [1.29, 1.82) is 0 Å². The summed E-state index contributed by atoms with van der Waals surface area (Å²) in [4.78, 5) is 17.4. The highest BCUT2D eigenvalue weighted by Gasteiger charge is 2.20. The van der Waals surface area contributed by atoms with Crippen LogP contribution in [-0.2, 0) is 6.42 Å². The van der Waals surface area contributed by atoms with Crippen LogP contribution in [0.4, 0.5) is 5.69 Å². The molecule has 24 heavy (non-hydrogen) atoms. The Balaban J connectivity index is 2.41. The molecule has 0 fully saturated rings. The second-order valence-corrected chi connectivity index (χ2v) is 5.99. The number of amides is 1. The maximum atomic E-state index is 12.9. The molecule has 0 aliphatic carbocycles. The molecule has 0 saturated heterocycles. The molecular weight excluding hydrogens is 300 g/mol. The smallest absolute Gasteiger partial charge is 0.261 e. The molecule has 0 saturated carbocycles. The van der Waals surface area contributed by atoms with E-state index in [1.54, 1.807) is 0 Å². The normalized spacial score (nSPS) is 10.5. The lowest BCUT2D eigenvalue weighted by atomic mass is 10.1. The van der Waals surface area contributed by atoms with Gasteiger partial charge in [-0.15, -0.1) is 0 Å². The Morgan fingerprint density at radius 2 is 1.96 bits per heavy atom. The molecule has 0 aliphatic heterocycles. The Labute approximate surface area is 144 Å². The third kappa shape index (κ3) is 3.94. The van der Waals surface area contributed by atoms with E-state index in [0.29, 0.717) is 24.3 Å². The molecule has 2 rings (SSSR count). The number of aryl methyl sites for hydroxylation is 3. The lowest BCUT2D eigenvalue weighted by molar-refractivity contribution is 0.102. The molecule has 0 aliphatic rings. The highest BCUT2D eigenvalue weighted by Crippen LogP contribution is 2.26. The van der Waals surface area contributed by atoms with Gasteiger partial charge < -0.3 is 10.1 Å². The van der Waals surface area contributed by atoms with E-state index in [2.05, 4.69) is 10.3 Å². The molecule has 0 unspecified atom stereocenters. The van der Waals surface area contributed by atoms with Crippen LogP contribution in [0.5, 0.6) is 5.75 Å². The summed E-state index contributed by atoms with van der Waals surface area (Å²) in [5, 5.41) is 3.02. The third-order valence-electron chi connectivity index (χ3n) is 4.06. The van der Waals surface area contributed by atoms with Crippen LogP contribution in [0, 0.1) is 20.8 Å². The second kappa shape index (κ2) is 7.95. The predicted octanol–water partition coefficient (Wildman–Crippen LogP) is 4.61. The first-order chi connectivity index (χ1) is 11.5. The van der Waals surface area contributed by atoms with Gasteiger partial charge in [0.2, 0.25) is 0 Å². The maximum absolute atomic E-state index is 12.9. The third-order valence-corrected chi connectivity index (χ3v) is 4.06. The van der Waals surface area contributed by atoms with E-state index in [4.69, 9.17) is 4.74 Å². The summed E-state index contributed by atoms with van der Waals surface area (Å²) in [6, 6.07) is 7.74. The molecule has 0 atom stereocenters. The van der Waals surface area contributed by atoms with E-state index in [0.717, 1.165) is 34.6 Å². The summed E-state index contributed by atoms with van der Waals surface area (Å²) in [5.41, 5.74) is 5.21. The average Bonchev–Trinajstić information content (AvgIpc) is 2.56. The Kier molecular flexibility index (Phi) is 5.96. The summed E-state index contributed by atoms with van der Waals surface area (Å²) in [5.74, 6) is 0.447. The van der Waals surface area contributed by atoms with Crippen LogP contribution in [0.2, 0.25) is 0 Å². The van der Waals surface area contributed by atoms with Crippen LogP contribution in [0.15, 0.2) is 24.3 Å². The average molecular weight is 326 g/mol. The van der Waals surface area contributed by atoms with Crippen molar-refractivity contribution in [2.24, 2.45) is 0 Å². The van der Waals surface area contributed by atoms with E-state index in [1.807, 2.05) is 58.9 Å². The molecule has 1 heterocycles. The lowest BCUT2D eigenvalue weighted by Gasteiger charge is -2.16. The quantitative estimate of drug-likeness (QED) is 0.843. The minimum Gasteiger partial charge on any atom is -0.493 e. The van der Waals surface area contributed by atoms with Gasteiger partial charge in [0.1, 0.15) is 11.3 Å². The fourth-order valence-corrected chi connectivity index (χ4v) is 2.60. The number of ether oxygens (including phenoxy) is 1. The number of hydrogen-bond donors (Lipinski definition) is 1. The summed E-state index contributed by atoms with van der Waals surface area (Å²) in [6.45, 7) is 10.6. The fraction of sp³-hybridized carbons (Fsp3) is 0.400. The molecule has 2 aromatic rings. The van der Waals surface area contributed by atoms with Crippen molar-refractivity contribution < 1.29 is 9.53 Å². The van der Waals surface area contributed by atoms with Crippen molar-refractivity contribution in [3.63, 3.8) is 0 Å². The number of anilines is 1. The topological polar surface area (TPSA) is 51.2 Å². The summed E-state index contributed by atoms with van der Waals surface area (Å²) < 4.78 is 5.82. The van der Waals surface area contributed by atoms with E-state index in [-0.39, 0.29) is 5.91 Å². The monoisotopic (exact) mass is 326 g/mol.